The van der Waals surface area contributed by atoms with Crippen LogP contribution in [0.25, 0.3) is 0 Å². The molecule has 94 heavy (non-hydrogen) atoms. The zero-order valence-corrected chi connectivity index (χ0v) is 55.8. The lowest BCUT2D eigenvalue weighted by atomic mass is 9.27. The molecule has 9 spiro atoms. The van der Waals surface area contributed by atoms with E-state index in [1.807, 2.05) is 6.26 Å². The number of carbonyl (C=O) groups is 3. The standard InChI is InChI=1S/C81H98N2O11/c1-44(2)28-54-33-56-34-55-32-53-20-24-76-70(89)91-42-75-65-51(37-77(55,76)74(53)26-25-73(41-74)22-8-9-23-73)36-71(3)79-52(18-15-50-40-90-62(63(50)79)35-58(61(85)39-84)48-16-19-57-49(31-48)21-27-83-43-82-38-60(57)83)17-14-47-13-12-46(29-45-10-6-5-7-11-45)30-59(47)78(65,81(71)68(92-81)69(88)93-79)67(87)64(86)66(75)72(54,4)94-80(56,75)76/h5-7,10-11,20-21,24,27,33,40,44,46-49,51-55,57-61,65-68,82,84-85,87H,8-9,12-13,15-16,18-19,22-23,25-26,28-32,34-39,41-43H2,1-4H3. The van der Waals surface area contributed by atoms with Gasteiger partial charge < -0.3 is 43.6 Å². The molecule has 8 heterocycles. The number of carbonyl (C=O) groups excluding carboxylic acids is 3. The first-order valence-corrected chi connectivity index (χ1v) is 37.9. The first kappa shape index (κ1) is 58.4. The molecule has 13 heteroatoms. The van der Waals surface area contributed by atoms with Gasteiger partial charge in [0.25, 0.3) is 0 Å². The lowest BCUT2D eigenvalue weighted by Gasteiger charge is -2.75. The van der Waals surface area contributed by atoms with Gasteiger partial charge in [-0.3, -0.25) is 14.9 Å². The summed E-state index contributed by atoms with van der Waals surface area (Å²) in [5, 5.41) is 42.5. The average molecular weight is 1280 g/mol. The van der Waals surface area contributed by atoms with E-state index in [4.69, 9.17) is 23.4 Å². The lowest BCUT2D eigenvalue weighted by molar-refractivity contribution is -0.325. The monoisotopic (exact) mass is 1270 g/mol. The highest BCUT2D eigenvalue weighted by Crippen LogP contribution is 2.96. The van der Waals surface area contributed by atoms with Crippen molar-refractivity contribution in [1.82, 2.24) is 10.2 Å². The number of epoxide rings is 1. The third kappa shape index (κ3) is 6.13. The number of ketones is 1. The van der Waals surface area contributed by atoms with Crippen LogP contribution in [-0.2, 0) is 58.2 Å². The Labute approximate surface area is 554 Å². The van der Waals surface area contributed by atoms with Crippen molar-refractivity contribution in [3.63, 3.8) is 0 Å². The number of nitrogens with one attached hydrogen (secondary N) is 1. The molecule has 9 saturated carbocycles. The molecular weight excluding hydrogens is 1180 g/mol. The molecule has 5 saturated heterocycles. The molecule has 498 valence electrons. The van der Waals surface area contributed by atoms with E-state index in [9.17, 15) is 10.2 Å². The minimum absolute atomic E-state index is 0.00105. The topological polar surface area (TPSA) is 181 Å². The second-order valence-electron chi connectivity index (χ2n) is 36.5. The molecule has 1 aromatic carbocycles. The van der Waals surface area contributed by atoms with Crippen LogP contribution in [-0.4, -0.2) is 106 Å². The van der Waals surface area contributed by atoms with Gasteiger partial charge in [0.1, 0.15) is 35.1 Å². The van der Waals surface area contributed by atoms with Crippen LogP contribution < -0.4 is 5.32 Å². The van der Waals surface area contributed by atoms with Crippen molar-refractivity contribution in [2.24, 2.45) is 127 Å². The fourth-order valence-electron chi connectivity index (χ4n) is 31.4. The minimum Gasteiger partial charge on any atom is -0.469 e. The van der Waals surface area contributed by atoms with Gasteiger partial charge in [0.15, 0.2) is 17.5 Å². The first-order chi connectivity index (χ1) is 45.4. The average Bonchev–Trinajstić information content (AvgIpc) is 1.39. The van der Waals surface area contributed by atoms with Crippen LogP contribution in [0.4, 0.5) is 0 Å². The summed E-state index contributed by atoms with van der Waals surface area (Å²) >= 11 is 0. The summed E-state index contributed by atoms with van der Waals surface area (Å²) in [4.78, 5) is 54.2. The highest BCUT2D eigenvalue weighted by atomic mass is 16.7. The van der Waals surface area contributed by atoms with Crippen molar-refractivity contribution in [3.05, 3.63) is 95.1 Å². The van der Waals surface area contributed by atoms with Gasteiger partial charge in [-0.1, -0.05) is 100 Å². The SMILES string of the molecule is CC(C)CC1C=C2CC3CC4C=CC56C(=O)OCC78C(C(=O)C(O)C9%10C%11CC(Cc%12ccccc%12)CCC%11C#CC%11CCc%12coc(CC(C(O)CO)C%13CCC%14C(C=CN%15CNCC%14%15)C%13)c%12C%11%12OC(=O)C%11OC%119C%12(C)CC(CC35C43CCC4(CCCC4)C3)C7%10)C1(C)OC286. The summed E-state index contributed by atoms with van der Waals surface area (Å²) in [6.45, 7) is 10.6. The molecule has 4 N–H and O–H groups in total. The predicted octanol–water partition coefficient (Wildman–Crippen LogP) is 10.9. The van der Waals surface area contributed by atoms with Crippen LogP contribution in [0.5, 0.6) is 0 Å². The Hall–Kier alpha value is -4.55. The molecular formula is C81H98N2O11. The Morgan fingerprint density at radius 2 is 1.79 bits per heavy atom. The van der Waals surface area contributed by atoms with E-state index in [0.29, 0.717) is 55.7 Å². The number of benzene rings is 1. The molecule has 10 bridgehead atoms. The van der Waals surface area contributed by atoms with Crippen molar-refractivity contribution in [2.75, 3.05) is 26.4 Å². The number of hydrogen-bond donors (Lipinski definition) is 4. The lowest BCUT2D eigenvalue weighted by Crippen LogP contribution is -2.85. The van der Waals surface area contributed by atoms with E-state index in [0.717, 1.165) is 108 Å². The largest absolute Gasteiger partial charge is 0.469 e. The molecule has 12 aliphatic carbocycles. The Morgan fingerprint density at radius 1 is 0.936 bits per heavy atom. The fourth-order valence-corrected chi connectivity index (χ4v) is 31.4. The molecule has 21 rings (SSSR count). The molecule has 14 fully saturated rings. The van der Waals surface area contributed by atoms with E-state index in [1.54, 1.807) is 0 Å². The molecule has 28 atom stereocenters. The summed E-state index contributed by atoms with van der Waals surface area (Å²) in [6, 6.07) is 11.3. The number of fused-ring (bicyclic) bond motifs is 7. The van der Waals surface area contributed by atoms with Crippen LogP contribution >= 0.6 is 0 Å². The summed E-state index contributed by atoms with van der Waals surface area (Å²) in [6.07, 6.45) is 30.0. The summed E-state index contributed by atoms with van der Waals surface area (Å²) in [7, 11) is 0. The number of ether oxygens (including phenoxy) is 4. The van der Waals surface area contributed by atoms with E-state index in [-0.39, 0.29) is 89.1 Å². The third-order valence-corrected chi connectivity index (χ3v) is 33.7. The third-order valence-electron chi connectivity index (χ3n) is 33.7. The molecule has 1 aromatic heterocycles. The molecule has 28 unspecified atom stereocenters. The maximum atomic E-state index is 18.0. The van der Waals surface area contributed by atoms with Gasteiger partial charge in [0.2, 0.25) is 0 Å². The maximum absolute atomic E-state index is 18.0. The first-order valence-electron chi connectivity index (χ1n) is 37.9. The highest BCUT2D eigenvalue weighted by molar-refractivity contribution is 5.96. The van der Waals surface area contributed by atoms with Crippen LogP contribution in [0.1, 0.15) is 172 Å². The zero-order valence-electron chi connectivity index (χ0n) is 55.8. The molecule has 0 amide bonds. The van der Waals surface area contributed by atoms with Crippen LogP contribution in [0.3, 0.4) is 0 Å². The number of hydrogen-bond acceptors (Lipinski definition) is 13. The van der Waals surface area contributed by atoms with E-state index in [2.05, 4.69) is 111 Å². The number of nitrogens with zero attached hydrogens (tertiary/aromatic N) is 1. The van der Waals surface area contributed by atoms with Gasteiger partial charge in [-0.25, -0.2) is 4.79 Å². The van der Waals surface area contributed by atoms with E-state index >= 15 is 19.5 Å². The van der Waals surface area contributed by atoms with Crippen molar-refractivity contribution in [1.29, 1.82) is 0 Å². The number of cyclic esters (lactones) is 1. The van der Waals surface area contributed by atoms with Crippen LogP contribution in [0, 0.1) is 139 Å². The Morgan fingerprint density at radius 3 is 2.62 bits per heavy atom. The number of aliphatic hydroxyl groups is 3. The van der Waals surface area contributed by atoms with E-state index < -0.39 is 97.4 Å². The smallest absolute Gasteiger partial charge is 0.339 e. The number of furan rings is 1. The molecule has 19 aliphatic rings. The Bertz CT molecular complexity index is 3820. The normalized spacial score (nSPS) is 53.1. The number of Topliss-reactive ketones (excluding diaryl/α,β-unsaturated/α-hetero) is 1. The summed E-state index contributed by atoms with van der Waals surface area (Å²) < 4.78 is 39.1. The van der Waals surface area contributed by atoms with Crippen molar-refractivity contribution in [3.8, 4) is 11.8 Å². The van der Waals surface area contributed by atoms with Gasteiger partial charge >= 0.3 is 11.9 Å². The minimum atomic E-state index is -1.59. The molecule has 7 aliphatic heterocycles. The summed E-state index contributed by atoms with van der Waals surface area (Å²) in [5.74, 6) is 6.51. The number of esters is 2. The van der Waals surface area contributed by atoms with Gasteiger partial charge in [-0.2, -0.15) is 0 Å². The zero-order chi connectivity index (χ0) is 63.5. The van der Waals surface area contributed by atoms with Gasteiger partial charge in [0.05, 0.1) is 48.5 Å². The summed E-state index contributed by atoms with van der Waals surface area (Å²) in [5.41, 5.74) is -6.81. The highest BCUT2D eigenvalue weighted by Gasteiger charge is 3.03. The molecule has 13 nitrogen and oxygen atoms in total. The quantitative estimate of drug-likeness (QED) is 0.0807. The van der Waals surface area contributed by atoms with Crippen molar-refractivity contribution in [2.45, 2.75) is 216 Å². The second-order valence-corrected chi connectivity index (χ2v) is 36.5. The number of aliphatic hydroxyl groups excluding tert-OH is 3. The number of rotatable bonds is 9. The fraction of sp³-hybridized carbons (Fsp3) is 0.741. The number of allylic oxidation sites excluding steroid dienone is 2. The van der Waals surface area contributed by atoms with Gasteiger partial charge in [-0.15, -0.1) is 0 Å². The van der Waals surface area contributed by atoms with Gasteiger partial charge in [-0.05, 0) is 228 Å². The molecule has 2 aromatic rings. The van der Waals surface area contributed by atoms with E-state index in [1.165, 1.54) is 36.8 Å². The van der Waals surface area contributed by atoms with Crippen molar-refractivity contribution < 1.29 is 53.1 Å². The number of aryl methyl sites for hydroxylation is 1. The predicted molar refractivity (Wildman–Crippen MR) is 346 cm³/mol. The second kappa shape index (κ2) is 18.6. The van der Waals surface area contributed by atoms with Crippen LogP contribution in [0.2, 0.25) is 0 Å². The molecule has 0 radical (unpaired) electrons. The van der Waals surface area contributed by atoms with Crippen molar-refractivity contribution >= 4 is 17.7 Å². The Balaban J connectivity index is 0.829. The maximum Gasteiger partial charge on any atom is 0.339 e. The Kier molecular flexibility index (Phi) is 11.6. The van der Waals surface area contributed by atoms with Gasteiger partial charge in [0, 0.05) is 52.7 Å². The van der Waals surface area contributed by atoms with Crippen LogP contribution in [0.15, 0.2) is 77.1 Å².